The number of ether oxygens (including phenoxy) is 1. The third kappa shape index (κ3) is 4.07. The van der Waals surface area contributed by atoms with Gasteiger partial charge in [-0.1, -0.05) is 11.6 Å². The van der Waals surface area contributed by atoms with Crippen molar-refractivity contribution in [3.05, 3.63) is 34.9 Å². The van der Waals surface area contributed by atoms with Gasteiger partial charge in [0.2, 0.25) is 0 Å². The molecule has 0 heterocycles. The molecule has 4 nitrogen and oxygen atoms in total. The normalized spacial score (nSPS) is 11.7. The molecule has 5 heteroatoms. The average Bonchev–Trinajstić information content (AvgIpc) is 2.30. The summed E-state index contributed by atoms with van der Waals surface area (Å²) < 4.78 is 4.78. The van der Waals surface area contributed by atoms with Crippen molar-refractivity contribution in [1.82, 2.24) is 5.32 Å². The first kappa shape index (κ1) is 13.5. The number of benzene rings is 1. The number of amides is 1. The van der Waals surface area contributed by atoms with Crippen molar-refractivity contribution >= 4 is 23.5 Å². The summed E-state index contributed by atoms with van der Waals surface area (Å²) in [7, 11) is 0. The molecule has 0 aliphatic heterocycles. The van der Waals surface area contributed by atoms with E-state index in [-0.39, 0.29) is 5.91 Å². The summed E-state index contributed by atoms with van der Waals surface area (Å²) in [5.41, 5.74) is 0.450. The lowest BCUT2D eigenvalue weighted by Gasteiger charge is -2.12. The fourth-order valence-electron chi connectivity index (χ4n) is 1.21. The zero-order chi connectivity index (χ0) is 12.8. The van der Waals surface area contributed by atoms with E-state index in [2.05, 4.69) is 5.32 Å². The maximum Gasteiger partial charge on any atom is 0.328 e. The minimum atomic E-state index is -0.668. The third-order valence-corrected chi connectivity index (χ3v) is 2.35. The first-order chi connectivity index (χ1) is 8.04. The van der Waals surface area contributed by atoms with Crippen molar-refractivity contribution in [1.29, 1.82) is 0 Å². The van der Waals surface area contributed by atoms with E-state index >= 15 is 0 Å². The molecule has 17 heavy (non-hydrogen) atoms. The molecule has 0 fully saturated rings. The number of hydrogen-bond acceptors (Lipinski definition) is 3. The quantitative estimate of drug-likeness (QED) is 0.838. The SMILES string of the molecule is CCOC(=O)[C@H](C)NC(=O)c1ccc(Cl)cc1. The summed E-state index contributed by atoms with van der Waals surface area (Å²) in [6.07, 6.45) is 0. The maximum atomic E-state index is 11.7. The van der Waals surface area contributed by atoms with Gasteiger partial charge in [0.25, 0.3) is 5.91 Å². The second-order valence-electron chi connectivity index (χ2n) is 3.45. The third-order valence-electron chi connectivity index (χ3n) is 2.09. The van der Waals surface area contributed by atoms with Gasteiger partial charge in [0.15, 0.2) is 0 Å². The van der Waals surface area contributed by atoms with Gasteiger partial charge in [0.1, 0.15) is 6.04 Å². The highest BCUT2D eigenvalue weighted by Gasteiger charge is 2.17. The zero-order valence-electron chi connectivity index (χ0n) is 9.70. The van der Waals surface area contributed by atoms with Gasteiger partial charge >= 0.3 is 5.97 Å². The highest BCUT2D eigenvalue weighted by molar-refractivity contribution is 6.30. The first-order valence-corrected chi connectivity index (χ1v) is 5.65. The maximum absolute atomic E-state index is 11.7. The van der Waals surface area contributed by atoms with Crippen molar-refractivity contribution in [2.75, 3.05) is 6.61 Å². The number of carbonyl (C=O) groups is 2. The van der Waals surface area contributed by atoms with E-state index in [0.29, 0.717) is 17.2 Å². The molecule has 0 bridgehead atoms. The molecular weight excluding hydrogens is 242 g/mol. The summed E-state index contributed by atoms with van der Waals surface area (Å²) in [5.74, 6) is -0.781. The van der Waals surface area contributed by atoms with Crippen LogP contribution in [0.25, 0.3) is 0 Å². The van der Waals surface area contributed by atoms with Crippen LogP contribution >= 0.6 is 11.6 Å². The molecule has 1 aromatic rings. The fraction of sp³-hybridized carbons (Fsp3) is 0.333. The van der Waals surface area contributed by atoms with E-state index < -0.39 is 12.0 Å². The molecule has 0 saturated heterocycles. The number of carbonyl (C=O) groups excluding carboxylic acids is 2. The van der Waals surface area contributed by atoms with Gasteiger partial charge in [0, 0.05) is 10.6 Å². The Hall–Kier alpha value is -1.55. The molecule has 0 aliphatic rings. The van der Waals surface area contributed by atoms with Crippen molar-refractivity contribution in [3.63, 3.8) is 0 Å². The van der Waals surface area contributed by atoms with Gasteiger partial charge in [-0.15, -0.1) is 0 Å². The van der Waals surface area contributed by atoms with Gasteiger partial charge < -0.3 is 10.1 Å². The van der Waals surface area contributed by atoms with Crippen LogP contribution in [-0.2, 0) is 9.53 Å². The lowest BCUT2D eigenvalue weighted by atomic mass is 10.2. The van der Waals surface area contributed by atoms with Crippen LogP contribution in [0.5, 0.6) is 0 Å². The van der Waals surface area contributed by atoms with Gasteiger partial charge in [-0.2, -0.15) is 0 Å². The highest BCUT2D eigenvalue weighted by Crippen LogP contribution is 2.09. The summed E-state index contributed by atoms with van der Waals surface area (Å²) in [4.78, 5) is 23.0. The fourth-order valence-corrected chi connectivity index (χ4v) is 1.33. The molecule has 0 aromatic heterocycles. The largest absolute Gasteiger partial charge is 0.464 e. The predicted molar refractivity (Wildman–Crippen MR) is 65.0 cm³/mol. The van der Waals surface area contributed by atoms with Crippen molar-refractivity contribution < 1.29 is 14.3 Å². The Bertz CT molecular complexity index is 403. The van der Waals surface area contributed by atoms with Crippen LogP contribution < -0.4 is 5.32 Å². The average molecular weight is 256 g/mol. The lowest BCUT2D eigenvalue weighted by Crippen LogP contribution is -2.39. The number of nitrogens with one attached hydrogen (secondary N) is 1. The van der Waals surface area contributed by atoms with Crippen molar-refractivity contribution in [2.24, 2.45) is 0 Å². The number of halogens is 1. The summed E-state index contributed by atoms with van der Waals surface area (Å²) in [5, 5.41) is 3.10. The summed E-state index contributed by atoms with van der Waals surface area (Å²) >= 11 is 5.71. The highest BCUT2D eigenvalue weighted by atomic mass is 35.5. The molecule has 92 valence electrons. The molecule has 1 rings (SSSR count). The van der Waals surface area contributed by atoms with Gasteiger partial charge in [-0.25, -0.2) is 4.79 Å². The minimum Gasteiger partial charge on any atom is -0.464 e. The topological polar surface area (TPSA) is 55.4 Å². The summed E-state index contributed by atoms with van der Waals surface area (Å²) in [6, 6.07) is 5.75. The van der Waals surface area contributed by atoms with E-state index in [0.717, 1.165) is 0 Å². The van der Waals surface area contributed by atoms with Crippen LogP contribution in [0.3, 0.4) is 0 Å². The Balaban J connectivity index is 2.60. The van der Waals surface area contributed by atoms with Crippen LogP contribution in [0.4, 0.5) is 0 Å². The monoisotopic (exact) mass is 255 g/mol. The smallest absolute Gasteiger partial charge is 0.328 e. The Morgan fingerprint density at radius 3 is 2.47 bits per heavy atom. The number of rotatable bonds is 4. The molecule has 0 saturated carbocycles. The minimum absolute atomic E-state index is 0.292. The number of esters is 1. The van der Waals surface area contributed by atoms with E-state index in [1.165, 1.54) is 0 Å². The second-order valence-corrected chi connectivity index (χ2v) is 3.89. The Kier molecular flexibility index (Phi) is 4.97. The molecule has 0 spiro atoms. The molecule has 1 N–H and O–H groups in total. The van der Waals surface area contributed by atoms with Crippen LogP contribution in [-0.4, -0.2) is 24.5 Å². The molecule has 1 aromatic carbocycles. The molecular formula is C12H14ClNO3. The van der Waals surface area contributed by atoms with Crippen molar-refractivity contribution in [3.8, 4) is 0 Å². The standard InChI is InChI=1S/C12H14ClNO3/c1-3-17-12(16)8(2)14-11(15)9-4-6-10(13)7-5-9/h4-8H,3H2,1-2H3,(H,14,15)/t8-/m0/s1. The lowest BCUT2D eigenvalue weighted by molar-refractivity contribution is -0.144. The van der Waals surface area contributed by atoms with Crippen LogP contribution in [0.15, 0.2) is 24.3 Å². The Morgan fingerprint density at radius 1 is 1.35 bits per heavy atom. The summed E-state index contributed by atoms with van der Waals surface area (Å²) in [6.45, 7) is 3.58. The van der Waals surface area contributed by atoms with E-state index in [1.54, 1.807) is 38.1 Å². The Morgan fingerprint density at radius 2 is 1.94 bits per heavy atom. The van der Waals surface area contributed by atoms with E-state index in [9.17, 15) is 9.59 Å². The van der Waals surface area contributed by atoms with Crippen LogP contribution in [0.2, 0.25) is 5.02 Å². The molecule has 0 aliphatic carbocycles. The van der Waals surface area contributed by atoms with Gasteiger partial charge in [-0.05, 0) is 38.1 Å². The van der Waals surface area contributed by atoms with E-state index in [1.807, 2.05) is 0 Å². The Labute approximate surface area is 105 Å². The second kappa shape index (κ2) is 6.25. The van der Waals surface area contributed by atoms with Crippen LogP contribution in [0, 0.1) is 0 Å². The van der Waals surface area contributed by atoms with Crippen LogP contribution in [0.1, 0.15) is 24.2 Å². The molecule has 1 atom stereocenters. The van der Waals surface area contributed by atoms with Crippen molar-refractivity contribution in [2.45, 2.75) is 19.9 Å². The molecule has 0 radical (unpaired) electrons. The molecule has 1 amide bonds. The predicted octanol–water partition coefficient (Wildman–Crippen LogP) is 2.02. The number of hydrogen-bond donors (Lipinski definition) is 1. The zero-order valence-corrected chi connectivity index (χ0v) is 10.5. The van der Waals surface area contributed by atoms with Gasteiger partial charge in [0.05, 0.1) is 6.61 Å². The van der Waals surface area contributed by atoms with E-state index in [4.69, 9.17) is 16.3 Å². The van der Waals surface area contributed by atoms with Gasteiger partial charge in [-0.3, -0.25) is 4.79 Å². The first-order valence-electron chi connectivity index (χ1n) is 5.27. The molecule has 0 unspecified atom stereocenters.